The number of likely N-dealkylation sites (tertiary alicyclic amines) is 1. The fourth-order valence-electron chi connectivity index (χ4n) is 2.15. The van der Waals surface area contributed by atoms with E-state index >= 15 is 0 Å². The van der Waals surface area contributed by atoms with E-state index in [1.807, 2.05) is 12.1 Å². The van der Waals surface area contributed by atoms with Gasteiger partial charge in [-0.2, -0.15) is 0 Å². The number of carbonyl (C=O) groups is 2. The van der Waals surface area contributed by atoms with E-state index in [-0.39, 0.29) is 12.6 Å². The van der Waals surface area contributed by atoms with Crippen LogP contribution in [0.25, 0.3) is 0 Å². The molecule has 1 aliphatic heterocycles. The van der Waals surface area contributed by atoms with Gasteiger partial charge in [0.1, 0.15) is 0 Å². The summed E-state index contributed by atoms with van der Waals surface area (Å²) < 4.78 is 1.68. The maximum absolute atomic E-state index is 12.2. The van der Waals surface area contributed by atoms with Gasteiger partial charge in [0.25, 0.3) is 0 Å². The first-order valence-corrected chi connectivity index (χ1v) is 7.80. The third-order valence-electron chi connectivity index (χ3n) is 3.23. The number of nitrogens with one attached hydrogen (secondary N) is 1. The highest BCUT2D eigenvalue weighted by atomic mass is 79.9. The van der Waals surface area contributed by atoms with Crippen LogP contribution in [-0.4, -0.2) is 35.1 Å². The number of aliphatic carboxylic acids is 1. The Morgan fingerprint density at radius 3 is 2.75 bits per heavy atom. The van der Waals surface area contributed by atoms with E-state index in [1.165, 1.54) is 0 Å². The number of halogens is 2. The van der Waals surface area contributed by atoms with Crippen molar-refractivity contribution in [3.63, 3.8) is 0 Å². The van der Waals surface area contributed by atoms with Crippen LogP contribution in [0.2, 0.25) is 0 Å². The monoisotopic (exact) mass is 404 g/mol. The highest BCUT2D eigenvalue weighted by molar-refractivity contribution is 9.11. The molecule has 1 atom stereocenters. The second-order valence-corrected chi connectivity index (χ2v) is 6.45. The van der Waals surface area contributed by atoms with Crippen molar-refractivity contribution in [2.75, 3.05) is 18.4 Å². The molecule has 1 aromatic rings. The molecule has 0 aromatic heterocycles. The number of rotatable bonds is 2. The summed E-state index contributed by atoms with van der Waals surface area (Å²) in [6.07, 6.45) is 1.34. The van der Waals surface area contributed by atoms with Gasteiger partial charge in [0.05, 0.1) is 11.6 Å². The molecule has 0 spiro atoms. The quantitative estimate of drug-likeness (QED) is 0.790. The van der Waals surface area contributed by atoms with Crippen LogP contribution in [0.3, 0.4) is 0 Å². The minimum absolute atomic E-state index is 0.259. The average Bonchev–Trinajstić information content (AvgIpc) is 2.42. The highest BCUT2D eigenvalue weighted by Crippen LogP contribution is 2.27. The van der Waals surface area contributed by atoms with E-state index in [1.54, 1.807) is 11.0 Å². The Morgan fingerprint density at radius 2 is 2.10 bits per heavy atom. The van der Waals surface area contributed by atoms with Crippen LogP contribution in [0.5, 0.6) is 0 Å². The molecule has 2 N–H and O–H groups in total. The molecule has 1 heterocycles. The number of urea groups is 1. The van der Waals surface area contributed by atoms with E-state index in [2.05, 4.69) is 37.2 Å². The fraction of sp³-hybridized carbons (Fsp3) is 0.385. The van der Waals surface area contributed by atoms with Gasteiger partial charge < -0.3 is 15.3 Å². The molecule has 0 bridgehead atoms. The first kappa shape index (κ1) is 15.3. The molecular weight excluding hydrogens is 392 g/mol. The molecule has 1 fully saturated rings. The molecule has 20 heavy (non-hydrogen) atoms. The third kappa shape index (κ3) is 3.73. The van der Waals surface area contributed by atoms with Crippen LogP contribution in [0.1, 0.15) is 12.8 Å². The molecule has 1 aromatic carbocycles. The molecule has 108 valence electrons. The van der Waals surface area contributed by atoms with Crippen molar-refractivity contribution < 1.29 is 14.7 Å². The zero-order valence-electron chi connectivity index (χ0n) is 10.6. The SMILES string of the molecule is O=C(O)[C@H]1CCCN(C(=O)Nc2ccc(Br)cc2Br)C1. The second kappa shape index (κ2) is 6.58. The number of hydrogen-bond acceptors (Lipinski definition) is 2. The normalized spacial score (nSPS) is 18.7. The van der Waals surface area contributed by atoms with Gasteiger partial charge in [-0.25, -0.2) is 4.79 Å². The van der Waals surface area contributed by atoms with Gasteiger partial charge in [-0.05, 0) is 47.0 Å². The molecular formula is C13H14Br2N2O3. The lowest BCUT2D eigenvalue weighted by Gasteiger charge is -2.30. The summed E-state index contributed by atoms with van der Waals surface area (Å²) in [5, 5.41) is 11.8. The van der Waals surface area contributed by atoms with Gasteiger partial charge in [-0.3, -0.25) is 4.79 Å². The molecule has 2 rings (SSSR count). The zero-order chi connectivity index (χ0) is 14.7. The molecule has 0 aliphatic carbocycles. The lowest BCUT2D eigenvalue weighted by atomic mass is 9.99. The van der Waals surface area contributed by atoms with Crippen LogP contribution in [0.4, 0.5) is 10.5 Å². The molecule has 0 saturated carbocycles. The lowest BCUT2D eigenvalue weighted by Crippen LogP contribution is -2.44. The highest BCUT2D eigenvalue weighted by Gasteiger charge is 2.28. The smallest absolute Gasteiger partial charge is 0.321 e. The van der Waals surface area contributed by atoms with Crippen molar-refractivity contribution in [3.05, 3.63) is 27.1 Å². The minimum atomic E-state index is -0.840. The van der Waals surface area contributed by atoms with Crippen molar-refractivity contribution in [3.8, 4) is 0 Å². The summed E-state index contributed by atoms with van der Waals surface area (Å²) in [6.45, 7) is 0.846. The number of nitrogens with zero attached hydrogens (tertiary/aromatic N) is 1. The van der Waals surface area contributed by atoms with Gasteiger partial charge >= 0.3 is 12.0 Å². The van der Waals surface area contributed by atoms with Crippen molar-refractivity contribution in [1.82, 2.24) is 4.90 Å². The summed E-state index contributed by atoms with van der Waals surface area (Å²) in [5.74, 6) is -1.31. The topological polar surface area (TPSA) is 69.6 Å². The molecule has 1 saturated heterocycles. The number of carboxylic acid groups (broad SMARTS) is 1. The number of hydrogen-bond donors (Lipinski definition) is 2. The van der Waals surface area contributed by atoms with E-state index < -0.39 is 11.9 Å². The summed E-state index contributed by atoms with van der Waals surface area (Å²) in [4.78, 5) is 24.7. The van der Waals surface area contributed by atoms with Gasteiger partial charge in [0.15, 0.2) is 0 Å². The van der Waals surface area contributed by atoms with Gasteiger partial charge in [-0.15, -0.1) is 0 Å². The second-order valence-electron chi connectivity index (χ2n) is 4.68. The van der Waals surface area contributed by atoms with Gasteiger partial charge in [-0.1, -0.05) is 15.9 Å². The number of carboxylic acids is 1. The Labute approximate surface area is 133 Å². The predicted octanol–water partition coefficient (Wildman–Crippen LogP) is 3.54. The molecule has 0 unspecified atom stereocenters. The molecule has 0 radical (unpaired) electrons. The summed E-state index contributed by atoms with van der Waals surface area (Å²) in [7, 11) is 0. The van der Waals surface area contributed by atoms with Crippen LogP contribution in [0, 0.1) is 5.92 Å². The zero-order valence-corrected chi connectivity index (χ0v) is 13.8. The summed E-state index contributed by atoms with van der Waals surface area (Å²) >= 11 is 6.72. The fourth-order valence-corrected chi connectivity index (χ4v) is 3.29. The Kier molecular flexibility index (Phi) is 5.04. The van der Waals surface area contributed by atoms with Gasteiger partial charge in [0.2, 0.25) is 0 Å². The van der Waals surface area contributed by atoms with Crippen LogP contribution in [-0.2, 0) is 4.79 Å². The van der Waals surface area contributed by atoms with Crippen molar-refractivity contribution in [2.24, 2.45) is 5.92 Å². The lowest BCUT2D eigenvalue weighted by molar-refractivity contribution is -0.143. The standard InChI is InChI=1S/C13H14Br2N2O3/c14-9-3-4-11(10(15)6-9)16-13(20)17-5-1-2-8(7-17)12(18)19/h3-4,6,8H,1-2,5,7H2,(H,16,20)(H,18,19)/t8-/m0/s1. The van der Waals surface area contributed by atoms with E-state index in [0.717, 1.165) is 8.95 Å². The third-order valence-corrected chi connectivity index (χ3v) is 4.38. The number of benzene rings is 1. The molecule has 7 heteroatoms. The van der Waals surface area contributed by atoms with Crippen molar-refractivity contribution in [1.29, 1.82) is 0 Å². The first-order valence-electron chi connectivity index (χ1n) is 6.21. The maximum atomic E-state index is 12.2. The summed E-state index contributed by atoms with van der Waals surface area (Å²) in [5.41, 5.74) is 0.663. The van der Waals surface area contributed by atoms with Crippen molar-refractivity contribution in [2.45, 2.75) is 12.8 Å². The largest absolute Gasteiger partial charge is 0.481 e. The maximum Gasteiger partial charge on any atom is 0.321 e. The van der Waals surface area contributed by atoms with Crippen molar-refractivity contribution >= 4 is 49.5 Å². The molecule has 1 aliphatic rings. The molecule has 2 amide bonds. The van der Waals surface area contributed by atoms with Crippen LogP contribution < -0.4 is 5.32 Å². The Morgan fingerprint density at radius 1 is 1.35 bits per heavy atom. The van der Waals surface area contributed by atoms with Crippen LogP contribution >= 0.6 is 31.9 Å². The number of piperidine rings is 1. The Balaban J connectivity index is 2.02. The number of anilines is 1. The van der Waals surface area contributed by atoms with Crippen LogP contribution in [0.15, 0.2) is 27.1 Å². The summed E-state index contributed by atoms with van der Waals surface area (Å²) in [6, 6.07) is 5.19. The number of amides is 2. The van der Waals surface area contributed by atoms with Gasteiger partial charge in [0, 0.05) is 22.0 Å². The minimum Gasteiger partial charge on any atom is -0.481 e. The number of carbonyl (C=O) groups excluding carboxylic acids is 1. The predicted molar refractivity (Wildman–Crippen MR) is 82.8 cm³/mol. The molecule has 5 nitrogen and oxygen atoms in total. The Hall–Kier alpha value is -1.08. The Bertz CT molecular complexity index is 536. The first-order chi connectivity index (χ1) is 9.47. The average molecular weight is 406 g/mol. The van der Waals surface area contributed by atoms with E-state index in [9.17, 15) is 9.59 Å². The van der Waals surface area contributed by atoms with E-state index in [4.69, 9.17) is 5.11 Å². The van der Waals surface area contributed by atoms with E-state index in [0.29, 0.717) is 25.1 Å².